The van der Waals surface area contributed by atoms with E-state index in [0.717, 1.165) is 18.0 Å². The molecular formula is C12H17N3O2. The third-order valence-electron chi connectivity index (χ3n) is 2.89. The summed E-state index contributed by atoms with van der Waals surface area (Å²) in [5.41, 5.74) is 7.60. The molecule has 5 heteroatoms. The zero-order valence-corrected chi connectivity index (χ0v) is 9.90. The van der Waals surface area contributed by atoms with Crippen molar-refractivity contribution in [2.45, 2.75) is 6.42 Å². The molecule has 1 aromatic carbocycles. The van der Waals surface area contributed by atoms with Crippen LogP contribution in [0.15, 0.2) is 18.2 Å². The lowest BCUT2D eigenvalue weighted by molar-refractivity contribution is -0.120. The molecule has 17 heavy (non-hydrogen) atoms. The number of ether oxygens (including phenoxy) is 1. The van der Waals surface area contributed by atoms with Crippen LogP contribution in [-0.4, -0.2) is 32.7 Å². The molecule has 0 bridgehead atoms. The van der Waals surface area contributed by atoms with Crippen molar-refractivity contribution in [2.75, 3.05) is 37.4 Å². The Morgan fingerprint density at radius 2 is 2.24 bits per heavy atom. The Hall–Kier alpha value is -1.91. The summed E-state index contributed by atoms with van der Waals surface area (Å²) < 4.78 is 5.19. The highest BCUT2D eigenvalue weighted by Crippen LogP contribution is 2.28. The van der Waals surface area contributed by atoms with Crippen LogP contribution in [0.3, 0.4) is 0 Å². The van der Waals surface area contributed by atoms with Gasteiger partial charge >= 0.3 is 0 Å². The third kappa shape index (κ3) is 2.61. The normalized spacial score (nSPS) is 16.3. The number of hydrogen-bond donors (Lipinski definition) is 2. The van der Waals surface area contributed by atoms with Crippen LogP contribution < -0.4 is 20.7 Å². The number of benzene rings is 1. The van der Waals surface area contributed by atoms with Crippen LogP contribution in [0, 0.1) is 0 Å². The molecule has 5 nitrogen and oxygen atoms in total. The van der Waals surface area contributed by atoms with E-state index in [4.69, 9.17) is 10.5 Å². The molecule has 0 saturated carbocycles. The summed E-state index contributed by atoms with van der Waals surface area (Å²) in [6.07, 6.45) is 0.497. The molecule has 0 unspecified atom stereocenters. The van der Waals surface area contributed by atoms with Crippen LogP contribution in [0.2, 0.25) is 0 Å². The van der Waals surface area contributed by atoms with Gasteiger partial charge < -0.3 is 20.7 Å². The van der Waals surface area contributed by atoms with Crippen molar-refractivity contribution in [2.24, 2.45) is 0 Å². The number of nitrogens with two attached hydrogens (primary N) is 1. The largest absolute Gasteiger partial charge is 0.497 e. The van der Waals surface area contributed by atoms with Crippen LogP contribution in [0.1, 0.15) is 6.42 Å². The van der Waals surface area contributed by atoms with Gasteiger partial charge in [0.1, 0.15) is 5.75 Å². The van der Waals surface area contributed by atoms with Gasteiger partial charge in [0, 0.05) is 32.1 Å². The first-order valence-electron chi connectivity index (χ1n) is 5.66. The summed E-state index contributed by atoms with van der Waals surface area (Å²) in [5.74, 6) is 0.867. The quantitative estimate of drug-likeness (QED) is 0.737. The van der Waals surface area contributed by atoms with Crippen LogP contribution in [0.25, 0.3) is 0 Å². The van der Waals surface area contributed by atoms with Crippen LogP contribution in [0.4, 0.5) is 11.4 Å². The van der Waals surface area contributed by atoms with Crippen molar-refractivity contribution in [1.29, 1.82) is 0 Å². The van der Waals surface area contributed by atoms with E-state index in [1.807, 2.05) is 18.2 Å². The smallest absolute Gasteiger partial charge is 0.221 e. The van der Waals surface area contributed by atoms with E-state index in [2.05, 4.69) is 10.2 Å². The highest BCUT2D eigenvalue weighted by molar-refractivity contribution is 5.78. The molecule has 0 atom stereocenters. The van der Waals surface area contributed by atoms with Gasteiger partial charge in [-0.2, -0.15) is 0 Å². The Balaban J connectivity index is 2.22. The first-order valence-corrected chi connectivity index (χ1v) is 5.66. The summed E-state index contributed by atoms with van der Waals surface area (Å²) in [5, 5.41) is 2.84. The fourth-order valence-corrected chi connectivity index (χ4v) is 1.93. The Labute approximate surface area is 101 Å². The monoisotopic (exact) mass is 235 g/mol. The molecule has 1 aliphatic rings. The number of carbonyl (C=O) groups is 1. The summed E-state index contributed by atoms with van der Waals surface area (Å²) >= 11 is 0. The third-order valence-corrected chi connectivity index (χ3v) is 2.89. The number of carbonyl (C=O) groups excluding carboxylic acids is 1. The van der Waals surface area contributed by atoms with Crippen molar-refractivity contribution in [3.05, 3.63) is 18.2 Å². The number of nitrogens with one attached hydrogen (secondary N) is 1. The summed E-state index contributed by atoms with van der Waals surface area (Å²) in [4.78, 5) is 13.4. The number of nitrogens with zero attached hydrogens (tertiary/aromatic N) is 1. The lowest BCUT2D eigenvalue weighted by Gasteiger charge is -2.23. The number of methoxy groups -OCH3 is 1. The zero-order chi connectivity index (χ0) is 12.3. The van der Waals surface area contributed by atoms with Gasteiger partial charge in [-0.25, -0.2) is 0 Å². The SMILES string of the molecule is COc1ccc(N)c(N2CCNC(=O)CC2)c1. The van der Waals surface area contributed by atoms with E-state index in [1.165, 1.54) is 0 Å². The second-order valence-electron chi connectivity index (χ2n) is 4.01. The fraction of sp³-hybridized carbons (Fsp3) is 0.417. The highest BCUT2D eigenvalue weighted by atomic mass is 16.5. The molecule has 0 radical (unpaired) electrons. The van der Waals surface area contributed by atoms with E-state index in [1.54, 1.807) is 7.11 Å². The van der Waals surface area contributed by atoms with E-state index >= 15 is 0 Å². The van der Waals surface area contributed by atoms with Crippen molar-refractivity contribution < 1.29 is 9.53 Å². The van der Waals surface area contributed by atoms with Crippen molar-refractivity contribution in [3.8, 4) is 5.75 Å². The molecule has 3 N–H and O–H groups in total. The first-order chi connectivity index (χ1) is 8.20. The number of rotatable bonds is 2. The van der Waals surface area contributed by atoms with E-state index in [0.29, 0.717) is 25.2 Å². The minimum atomic E-state index is 0.0916. The first kappa shape index (κ1) is 11.6. The molecule has 0 spiro atoms. The summed E-state index contributed by atoms with van der Waals surface area (Å²) in [7, 11) is 1.63. The standard InChI is InChI=1S/C12H17N3O2/c1-17-9-2-3-10(13)11(8-9)15-6-4-12(16)14-5-7-15/h2-3,8H,4-7,13H2,1H3,(H,14,16). The second-order valence-corrected chi connectivity index (χ2v) is 4.01. The molecule has 1 amide bonds. The lowest BCUT2D eigenvalue weighted by atomic mass is 10.2. The van der Waals surface area contributed by atoms with Gasteiger partial charge in [0.05, 0.1) is 18.5 Å². The summed E-state index contributed by atoms with van der Waals surface area (Å²) in [6.45, 7) is 2.10. The molecule has 0 aliphatic carbocycles. The van der Waals surface area contributed by atoms with Gasteiger partial charge in [0.25, 0.3) is 0 Å². The molecule has 1 fully saturated rings. The molecule has 92 valence electrons. The van der Waals surface area contributed by atoms with Crippen LogP contribution in [0.5, 0.6) is 5.75 Å². The average Bonchev–Trinajstić information content (AvgIpc) is 2.55. The Bertz CT molecular complexity index is 420. The van der Waals surface area contributed by atoms with Gasteiger partial charge in [-0.05, 0) is 12.1 Å². The van der Waals surface area contributed by atoms with Crippen LogP contribution in [-0.2, 0) is 4.79 Å². The van der Waals surface area contributed by atoms with E-state index < -0.39 is 0 Å². The number of nitrogen functional groups attached to an aromatic ring is 1. The Morgan fingerprint density at radius 3 is 3.00 bits per heavy atom. The van der Waals surface area contributed by atoms with Gasteiger partial charge in [-0.3, -0.25) is 4.79 Å². The highest BCUT2D eigenvalue weighted by Gasteiger charge is 2.16. The van der Waals surface area contributed by atoms with Gasteiger partial charge in [0.2, 0.25) is 5.91 Å². The van der Waals surface area contributed by atoms with E-state index in [9.17, 15) is 4.79 Å². The molecule has 2 rings (SSSR count). The molecule has 1 saturated heterocycles. The number of anilines is 2. The minimum absolute atomic E-state index is 0.0916. The van der Waals surface area contributed by atoms with Gasteiger partial charge in [-0.15, -0.1) is 0 Å². The van der Waals surface area contributed by atoms with Gasteiger partial charge in [0.15, 0.2) is 0 Å². The molecule has 1 heterocycles. The second kappa shape index (κ2) is 4.95. The molecule has 0 aromatic heterocycles. The average molecular weight is 235 g/mol. The fourth-order valence-electron chi connectivity index (χ4n) is 1.93. The predicted molar refractivity (Wildman–Crippen MR) is 67.2 cm³/mol. The Morgan fingerprint density at radius 1 is 1.41 bits per heavy atom. The maximum absolute atomic E-state index is 11.3. The number of hydrogen-bond acceptors (Lipinski definition) is 4. The molecule has 1 aromatic rings. The molecular weight excluding hydrogens is 218 g/mol. The minimum Gasteiger partial charge on any atom is -0.497 e. The van der Waals surface area contributed by atoms with Crippen molar-refractivity contribution >= 4 is 17.3 Å². The number of amides is 1. The van der Waals surface area contributed by atoms with E-state index in [-0.39, 0.29) is 5.91 Å². The summed E-state index contributed by atoms with van der Waals surface area (Å²) in [6, 6.07) is 5.57. The maximum Gasteiger partial charge on any atom is 0.221 e. The zero-order valence-electron chi connectivity index (χ0n) is 9.90. The van der Waals surface area contributed by atoms with Crippen molar-refractivity contribution in [3.63, 3.8) is 0 Å². The lowest BCUT2D eigenvalue weighted by Crippen LogP contribution is -2.28. The topological polar surface area (TPSA) is 67.6 Å². The maximum atomic E-state index is 11.3. The van der Waals surface area contributed by atoms with Crippen LogP contribution >= 0.6 is 0 Å². The molecule has 1 aliphatic heterocycles. The predicted octanol–water partition coefficient (Wildman–Crippen LogP) is 0.604. The van der Waals surface area contributed by atoms with Crippen molar-refractivity contribution in [1.82, 2.24) is 5.32 Å². The van der Waals surface area contributed by atoms with Gasteiger partial charge in [-0.1, -0.05) is 0 Å². The Kier molecular flexibility index (Phi) is 3.37.